The van der Waals surface area contributed by atoms with Crippen molar-refractivity contribution in [2.45, 2.75) is 44.5 Å². The van der Waals surface area contributed by atoms with E-state index in [1.54, 1.807) is 0 Å². The summed E-state index contributed by atoms with van der Waals surface area (Å²) in [6.45, 7) is 8.03. The third-order valence-corrected chi connectivity index (χ3v) is 4.14. The topological polar surface area (TPSA) is 78.6 Å². The van der Waals surface area contributed by atoms with Crippen LogP contribution in [0.1, 0.15) is 38.4 Å². The monoisotopic (exact) mass is 297 g/mol. The van der Waals surface area contributed by atoms with Crippen LogP contribution in [0, 0.1) is 0 Å². The minimum atomic E-state index is -0.476. The molecule has 0 saturated carbocycles. The summed E-state index contributed by atoms with van der Waals surface area (Å²) >= 11 is 0. The molecule has 1 aromatic rings. The predicted molar refractivity (Wildman–Crippen MR) is 73.7 cm³/mol. The minimum Gasteiger partial charge on any atom is -0.381 e. The molecular formula is C14H23N3O4. The van der Waals surface area contributed by atoms with Gasteiger partial charge >= 0.3 is 0 Å². The number of rotatable bonds is 6. The van der Waals surface area contributed by atoms with Crippen molar-refractivity contribution in [1.82, 2.24) is 15.5 Å². The lowest BCUT2D eigenvalue weighted by Crippen LogP contribution is -2.58. The van der Waals surface area contributed by atoms with Crippen molar-refractivity contribution in [2.75, 3.05) is 32.9 Å². The molecule has 2 aliphatic rings. The van der Waals surface area contributed by atoms with Gasteiger partial charge in [0.05, 0.1) is 5.60 Å². The van der Waals surface area contributed by atoms with Crippen molar-refractivity contribution < 1.29 is 18.7 Å². The zero-order valence-electron chi connectivity index (χ0n) is 12.7. The van der Waals surface area contributed by atoms with E-state index >= 15 is 0 Å². The molecule has 2 fully saturated rings. The van der Waals surface area contributed by atoms with Gasteiger partial charge < -0.3 is 24.1 Å². The molecule has 1 N–H and O–H groups in total. The van der Waals surface area contributed by atoms with Crippen molar-refractivity contribution in [2.24, 2.45) is 0 Å². The molecule has 0 spiro atoms. The van der Waals surface area contributed by atoms with E-state index in [0.29, 0.717) is 38.1 Å². The smallest absolute Gasteiger partial charge is 0.252 e. The summed E-state index contributed by atoms with van der Waals surface area (Å²) in [6, 6.07) is 0. The Morgan fingerprint density at radius 1 is 1.24 bits per heavy atom. The fourth-order valence-corrected chi connectivity index (χ4v) is 2.72. The van der Waals surface area contributed by atoms with E-state index in [1.807, 2.05) is 6.92 Å². The molecule has 118 valence electrons. The first-order chi connectivity index (χ1) is 10.2. The second-order valence-electron chi connectivity index (χ2n) is 5.89. The summed E-state index contributed by atoms with van der Waals surface area (Å²) in [6.07, 6.45) is 1.50. The number of hydrogen-bond donors (Lipinski definition) is 1. The van der Waals surface area contributed by atoms with Crippen LogP contribution >= 0.6 is 0 Å². The Morgan fingerprint density at radius 3 is 2.62 bits per heavy atom. The fraction of sp³-hybridized carbons (Fsp3) is 0.857. The van der Waals surface area contributed by atoms with Gasteiger partial charge in [0.2, 0.25) is 5.82 Å². The Balaban J connectivity index is 1.67. The van der Waals surface area contributed by atoms with Crippen molar-refractivity contribution in [1.29, 1.82) is 0 Å². The second-order valence-corrected chi connectivity index (χ2v) is 5.89. The van der Waals surface area contributed by atoms with Crippen LogP contribution in [0.25, 0.3) is 0 Å². The summed E-state index contributed by atoms with van der Waals surface area (Å²) in [4.78, 5) is 4.48. The van der Waals surface area contributed by atoms with E-state index in [2.05, 4.69) is 22.4 Å². The zero-order valence-corrected chi connectivity index (χ0v) is 12.7. The molecule has 0 atom stereocenters. The van der Waals surface area contributed by atoms with Crippen LogP contribution in [0.4, 0.5) is 0 Å². The van der Waals surface area contributed by atoms with Crippen LogP contribution in [0.5, 0.6) is 0 Å². The highest BCUT2D eigenvalue weighted by molar-refractivity contribution is 5.03. The van der Waals surface area contributed by atoms with Crippen LogP contribution in [-0.2, 0) is 26.4 Å². The lowest BCUT2D eigenvalue weighted by atomic mass is 9.93. The molecule has 0 aromatic carbocycles. The largest absolute Gasteiger partial charge is 0.381 e. The maximum atomic E-state index is 5.93. The van der Waals surface area contributed by atoms with Gasteiger partial charge in [-0.1, -0.05) is 5.16 Å². The molecule has 0 radical (unpaired) electrons. The summed E-state index contributed by atoms with van der Waals surface area (Å²) in [5, 5.41) is 7.31. The van der Waals surface area contributed by atoms with Crippen molar-refractivity contribution in [3.8, 4) is 0 Å². The molecule has 0 amide bonds. The highest BCUT2D eigenvalue weighted by Crippen LogP contribution is 2.34. The van der Waals surface area contributed by atoms with Gasteiger partial charge in [-0.2, -0.15) is 4.98 Å². The van der Waals surface area contributed by atoms with Gasteiger partial charge in [0.15, 0.2) is 0 Å². The van der Waals surface area contributed by atoms with Crippen molar-refractivity contribution >= 4 is 0 Å². The molecule has 0 bridgehead atoms. The van der Waals surface area contributed by atoms with E-state index in [0.717, 1.165) is 25.9 Å². The van der Waals surface area contributed by atoms with Crippen molar-refractivity contribution in [3.05, 3.63) is 11.7 Å². The first-order valence-electron chi connectivity index (χ1n) is 7.55. The summed E-state index contributed by atoms with van der Waals surface area (Å²) in [7, 11) is 0. The predicted octanol–water partition coefficient (Wildman–Crippen LogP) is 0.990. The Labute approximate surface area is 124 Å². The Morgan fingerprint density at radius 2 is 2.00 bits per heavy atom. The van der Waals surface area contributed by atoms with E-state index in [4.69, 9.17) is 18.7 Å². The van der Waals surface area contributed by atoms with Gasteiger partial charge in [0, 0.05) is 45.8 Å². The summed E-state index contributed by atoms with van der Waals surface area (Å²) < 4.78 is 22.5. The summed E-state index contributed by atoms with van der Waals surface area (Å²) in [5.74, 6) is 1.12. The molecule has 0 aliphatic carbocycles. The SMILES string of the molecule is CCOC1(c2noc(COC3(C)CNC3)n2)CCOCC1. The standard InChI is InChI=1S/C14H23N3O4/c1-3-19-14(4-6-18-7-5-14)12-16-11(21-17-12)8-20-13(2)9-15-10-13/h15H,3-10H2,1-2H3. The van der Waals surface area contributed by atoms with Crippen LogP contribution in [0.2, 0.25) is 0 Å². The normalized spacial score (nSPS) is 23.7. The third kappa shape index (κ3) is 3.11. The van der Waals surface area contributed by atoms with Gasteiger partial charge in [-0.15, -0.1) is 0 Å². The molecule has 7 nitrogen and oxygen atoms in total. The van der Waals surface area contributed by atoms with Crippen LogP contribution in [-0.4, -0.2) is 48.7 Å². The Bertz CT molecular complexity index is 461. The average molecular weight is 297 g/mol. The number of nitrogens with zero attached hydrogens (tertiary/aromatic N) is 2. The quantitative estimate of drug-likeness (QED) is 0.838. The molecular weight excluding hydrogens is 274 g/mol. The molecule has 7 heteroatoms. The Kier molecular flexibility index (Phi) is 4.26. The molecule has 0 unspecified atom stereocenters. The third-order valence-electron chi connectivity index (χ3n) is 4.14. The molecule has 3 heterocycles. The Hall–Kier alpha value is -1.02. The first-order valence-corrected chi connectivity index (χ1v) is 7.55. The minimum absolute atomic E-state index is 0.120. The highest BCUT2D eigenvalue weighted by Gasteiger charge is 2.40. The molecule has 2 aliphatic heterocycles. The highest BCUT2D eigenvalue weighted by atomic mass is 16.5. The molecule has 2 saturated heterocycles. The lowest BCUT2D eigenvalue weighted by molar-refractivity contribution is -0.118. The first kappa shape index (κ1) is 14.9. The molecule has 21 heavy (non-hydrogen) atoms. The van der Waals surface area contributed by atoms with Gasteiger partial charge in [0.25, 0.3) is 5.89 Å². The van der Waals surface area contributed by atoms with Crippen molar-refractivity contribution in [3.63, 3.8) is 0 Å². The number of hydrogen-bond acceptors (Lipinski definition) is 7. The van der Waals surface area contributed by atoms with E-state index in [9.17, 15) is 0 Å². The molecule has 3 rings (SSSR count). The van der Waals surface area contributed by atoms with Gasteiger partial charge in [0.1, 0.15) is 12.2 Å². The van der Waals surface area contributed by atoms with Crippen LogP contribution in [0.15, 0.2) is 4.52 Å². The average Bonchev–Trinajstić information content (AvgIpc) is 2.94. The summed E-state index contributed by atoms with van der Waals surface area (Å²) in [5.41, 5.74) is -0.596. The maximum Gasteiger partial charge on any atom is 0.252 e. The zero-order chi connectivity index (χ0) is 14.8. The lowest BCUT2D eigenvalue weighted by Gasteiger charge is -2.38. The maximum absolute atomic E-state index is 5.93. The number of aromatic nitrogens is 2. The van der Waals surface area contributed by atoms with Crippen LogP contribution in [0.3, 0.4) is 0 Å². The van der Waals surface area contributed by atoms with E-state index in [1.165, 1.54) is 0 Å². The molecule has 1 aromatic heterocycles. The number of nitrogens with one attached hydrogen (secondary N) is 1. The van der Waals surface area contributed by atoms with E-state index < -0.39 is 5.60 Å². The van der Waals surface area contributed by atoms with Gasteiger partial charge in [-0.3, -0.25) is 0 Å². The number of ether oxygens (including phenoxy) is 3. The van der Waals surface area contributed by atoms with Gasteiger partial charge in [-0.05, 0) is 13.8 Å². The van der Waals surface area contributed by atoms with Gasteiger partial charge in [-0.25, -0.2) is 0 Å². The fourth-order valence-electron chi connectivity index (χ4n) is 2.72. The van der Waals surface area contributed by atoms with Crippen LogP contribution < -0.4 is 5.32 Å². The van der Waals surface area contributed by atoms with E-state index in [-0.39, 0.29) is 5.60 Å². The second kappa shape index (κ2) is 6.00.